The van der Waals surface area contributed by atoms with Crippen LogP contribution in [0.2, 0.25) is 5.02 Å². The number of benzene rings is 12. The number of phenols is 4. The molecule has 119 heavy (non-hydrogen) atoms. The molecular weight excluding hydrogens is 1710 g/mol. The van der Waals surface area contributed by atoms with Crippen LogP contribution >= 0.6 is 58.6 Å². The maximum atomic E-state index is 13.8. The smallest absolute Gasteiger partial charge is 0.262 e. The molecular formula is C86H85ClF2N4O18S8. The summed E-state index contributed by atoms with van der Waals surface area (Å²) in [6.45, 7) is 21.9. The lowest BCUT2D eigenvalue weighted by molar-refractivity contribution is 0.339. The van der Waals surface area contributed by atoms with Gasteiger partial charge in [0, 0.05) is 55.2 Å². The van der Waals surface area contributed by atoms with E-state index >= 15 is 0 Å². The van der Waals surface area contributed by atoms with Gasteiger partial charge < -0.3 is 50.3 Å². The minimum atomic E-state index is -4.07. The van der Waals surface area contributed by atoms with Crippen molar-refractivity contribution in [3.8, 4) is 34.5 Å². The van der Waals surface area contributed by atoms with Crippen molar-refractivity contribution in [1.29, 1.82) is 0 Å². The lowest BCUT2D eigenvalue weighted by atomic mass is 10.0. The standard InChI is InChI=1S/C24H27NO4S2.C21H20ClNO5S2.C21H20FNO4S2.C20H18FNO5S2/c1-16(2)8-9-18-10-12-19(13-11-18)31(28,29)25-22-14-23(30-15-17(3)26)24(27)21-7-5-4-6-20(21)22;1-3-28-19-10-14(8-9-17(19)22)30(26,27)23-18-11-20(29-12-13(2)24)21(25)16-7-5-4-6-15(16)18;1-3-14-10-15(8-9-18(14)22)29(26,27)23-19-11-20(28-12-13(2)24)21(25)17-7-5-4-6-16(17)19;1-12(23)11-28-19-10-17(14-5-3-4-6-15(14)20(19)24)22-29(25,26)13-7-8-16(21)18(9-13)27-2/h4-7,10-14,16,25-27H,3,8-9,15H2,1-2H3;4-11,23-25H,2-3,12H2,1H3;4-11,23-25H,2-3,12H2,1H3;3-10,22-24H,1,11H2,2H3. The molecule has 0 amide bonds. The Kier molecular flexibility index (Phi) is 31.5. The van der Waals surface area contributed by atoms with E-state index in [1.807, 2.05) is 12.1 Å². The Morgan fingerprint density at radius 2 is 0.706 bits per heavy atom. The summed E-state index contributed by atoms with van der Waals surface area (Å²) in [5, 5.41) is 84.1. The van der Waals surface area contributed by atoms with Gasteiger partial charge in [-0.25, -0.2) is 42.5 Å². The number of hydrogen-bond acceptors (Lipinski definition) is 22. The van der Waals surface area contributed by atoms with Gasteiger partial charge in [0.2, 0.25) is 0 Å². The van der Waals surface area contributed by atoms with Crippen molar-refractivity contribution in [2.24, 2.45) is 5.92 Å². The number of fused-ring (bicyclic) bond motifs is 4. The first-order valence-corrected chi connectivity index (χ1v) is 46.3. The van der Waals surface area contributed by atoms with Crippen LogP contribution in [-0.4, -0.2) is 111 Å². The van der Waals surface area contributed by atoms with E-state index in [1.54, 1.807) is 129 Å². The van der Waals surface area contributed by atoms with Crippen molar-refractivity contribution in [2.75, 3.05) is 55.6 Å². The summed E-state index contributed by atoms with van der Waals surface area (Å²) in [6, 6.07) is 51.6. The summed E-state index contributed by atoms with van der Waals surface area (Å²) in [6.07, 6.45) is 2.32. The van der Waals surface area contributed by atoms with Crippen LogP contribution in [0.25, 0.3) is 43.1 Å². The van der Waals surface area contributed by atoms with Crippen molar-refractivity contribution >= 4 is 165 Å². The van der Waals surface area contributed by atoms with Crippen molar-refractivity contribution < 1.29 is 92.8 Å². The predicted molar refractivity (Wildman–Crippen MR) is 477 cm³/mol. The molecule has 0 atom stereocenters. The maximum Gasteiger partial charge on any atom is 0.262 e. The molecule has 0 saturated carbocycles. The second kappa shape index (κ2) is 40.8. The van der Waals surface area contributed by atoms with Gasteiger partial charge in [-0.15, -0.1) is 47.0 Å². The average molecular weight is 1790 g/mol. The van der Waals surface area contributed by atoms with Gasteiger partial charge in [0.1, 0.15) is 34.6 Å². The summed E-state index contributed by atoms with van der Waals surface area (Å²) in [7, 11) is -14.6. The van der Waals surface area contributed by atoms with E-state index in [4.69, 9.17) is 21.1 Å². The van der Waals surface area contributed by atoms with Gasteiger partial charge in [0.05, 0.1) is 127 Å². The second-order valence-electron chi connectivity index (χ2n) is 26.6. The van der Waals surface area contributed by atoms with E-state index in [0.717, 1.165) is 78.0 Å². The van der Waals surface area contributed by atoms with E-state index in [2.05, 4.69) is 59.1 Å². The number of hydrogen-bond donors (Lipinski definition) is 12. The fraction of sp³-hybridized carbons (Fsp3) is 0.163. The van der Waals surface area contributed by atoms with Crippen molar-refractivity contribution in [3.63, 3.8) is 0 Å². The summed E-state index contributed by atoms with van der Waals surface area (Å²) in [5.74, 6) is -0.0603. The maximum absolute atomic E-state index is 13.8. The van der Waals surface area contributed by atoms with Crippen LogP contribution in [0.5, 0.6) is 34.5 Å². The van der Waals surface area contributed by atoms with E-state index in [-0.39, 0.29) is 112 Å². The highest BCUT2D eigenvalue weighted by Crippen LogP contribution is 2.46. The van der Waals surface area contributed by atoms with Gasteiger partial charge in [0.15, 0.2) is 11.6 Å². The lowest BCUT2D eigenvalue weighted by Gasteiger charge is -2.15. The molecule has 12 rings (SSSR count). The monoisotopic (exact) mass is 1790 g/mol. The molecule has 0 aliphatic heterocycles. The van der Waals surface area contributed by atoms with Crippen molar-refractivity contribution in [3.05, 3.63) is 277 Å². The minimum Gasteiger partial charge on any atom is -0.512 e. The number of methoxy groups -OCH3 is 1. The number of thioether (sulfide) groups is 4. The summed E-state index contributed by atoms with van der Waals surface area (Å²) in [4.78, 5) is 1.57. The Hall–Kier alpha value is -10.8. The SMILES string of the molecule is C=C(O)CSc1cc(NS(=O)(=O)c2ccc(CCC(C)C)cc2)c2ccccc2c1O.C=C(O)CSc1cc(NS(=O)(=O)c2ccc(Cl)c(OCC)c2)c2ccccc2c1O.C=C(O)CSc1cc(NS(=O)(=O)c2ccc(F)c(CC)c2)c2ccccc2c1O.C=C(O)CSc1cc(NS(=O)(=O)c2ccc(F)c(OC)c2)c2ccccc2c1O. The zero-order valence-electron chi connectivity index (χ0n) is 64.7. The Bertz CT molecular complexity index is 6120. The number of halogens is 3. The third-order valence-electron chi connectivity index (χ3n) is 17.4. The molecule has 0 heterocycles. The topological polar surface area (TPSA) is 365 Å². The van der Waals surface area contributed by atoms with Crippen LogP contribution in [0.3, 0.4) is 0 Å². The highest BCUT2D eigenvalue weighted by atomic mass is 35.5. The molecule has 0 unspecified atom stereocenters. The highest BCUT2D eigenvalue weighted by molar-refractivity contribution is 8.00. The molecule has 33 heteroatoms. The first kappa shape index (κ1) is 92.1. The number of aliphatic hydroxyl groups is 4. The predicted octanol–water partition coefficient (Wildman–Crippen LogP) is 21.5. The van der Waals surface area contributed by atoms with Gasteiger partial charge in [0.25, 0.3) is 40.1 Å². The zero-order valence-corrected chi connectivity index (χ0v) is 72.0. The number of aliphatic hydroxyl groups excluding tert-OH is 4. The molecule has 0 fully saturated rings. The number of sulfonamides is 4. The fourth-order valence-corrected chi connectivity index (χ4v) is 19.2. The number of aromatic hydroxyl groups is 4. The Morgan fingerprint density at radius 1 is 0.412 bits per heavy atom. The molecule has 0 aliphatic rings. The van der Waals surface area contributed by atoms with E-state index < -0.39 is 51.7 Å². The molecule has 0 aliphatic carbocycles. The molecule has 0 aromatic heterocycles. The molecule has 0 bridgehead atoms. The van der Waals surface area contributed by atoms with Gasteiger partial charge in [-0.05, 0) is 122 Å². The average Bonchev–Trinajstić information content (AvgIpc) is 0.786. The number of rotatable bonds is 31. The van der Waals surface area contributed by atoms with Gasteiger partial charge in [-0.3, -0.25) is 18.9 Å². The van der Waals surface area contributed by atoms with Crippen LogP contribution in [0.1, 0.15) is 45.2 Å². The van der Waals surface area contributed by atoms with Gasteiger partial charge >= 0.3 is 0 Å². The molecule has 626 valence electrons. The number of aryl methyl sites for hydroxylation is 2. The van der Waals surface area contributed by atoms with Gasteiger partial charge in [-0.2, -0.15) is 0 Å². The van der Waals surface area contributed by atoms with E-state index in [9.17, 15) is 83.3 Å². The highest BCUT2D eigenvalue weighted by Gasteiger charge is 2.26. The number of anilines is 4. The van der Waals surface area contributed by atoms with Crippen LogP contribution in [0.15, 0.2) is 289 Å². The van der Waals surface area contributed by atoms with Crippen LogP contribution in [0.4, 0.5) is 31.5 Å². The molecule has 0 spiro atoms. The van der Waals surface area contributed by atoms with Crippen molar-refractivity contribution in [1.82, 2.24) is 0 Å². The second-order valence-corrected chi connectivity index (χ2v) is 37.8. The lowest BCUT2D eigenvalue weighted by Crippen LogP contribution is -2.14. The molecule has 12 aromatic rings. The summed E-state index contributed by atoms with van der Waals surface area (Å²) in [5.41, 5.74) is 2.57. The molecule has 0 saturated heterocycles. The van der Waals surface area contributed by atoms with Crippen LogP contribution < -0.4 is 28.4 Å². The third kappa shape index (κ3) is 24.0. The summed E-state index contributed by atoms with van der Waals surface area (Å²) < 4.78 is 152. The third-order valence-corrected chi connectivity index (χ3v) is 27.6. The Morgan fingerprint density at radius 3 is 1.02 bits per heavy atom. The van der Waals surface area contributed by atoms with Gasteiger partial charge in [-0.1, -0.05) is 168 Å². The number of phenolic OH excluding ortho intramolecular Hbond substituents is 4. The molecule has 22 nitrogen and oxygen atoms in total. The molecule has 12 aromatic carbocycles. The number of ether oxygens (including phenoxy) is 2. The minimum absolute atomic E-state index is 0.00456. The normalized spacial score (nSPS) is 11.5. The molecule has 12 N–H and O–H groups in total. The van der Waals surface area contributed by atoms with E-state index in [0.29, 0.717) is 104 Å². The first-order chi connectivity index (χ1) is 56.3. The number of nitrogens with one attached hydrogen (secondary N) is 4. The fourth-order valence-electron chi connectivity index (χ4n) is 11.6. The van der Waals surface area contributed by atoms with Crippen LogP contribution in [-0.2, 0) is 52.9 Å². The zero-order chi connectivity index (χ0) is 86.8. The largest absolute Gasteiger partial charge is 0.512 e. The summed E-state index contributed by atoms with van der Waals surface area (Å²) >= 11 is 10.6. The first-order valence-electron chi connectivity index (χ1n) is 36.1. The van der Waals surface area contributed by atoms with Crippen molar-refractivity contribution in [2.45, 2.75) is 86.1 Å². The Labute approximate surface area is 711 Å². The van der Waals surface area contributed by atoms with Crippen LogP contribution in [0, 0.1) is 17.6 Å². The quantitative estimate of drug-likeness (QED) is 0.0109. The molecule has 0 radical (unpaired) electrons. The van der Waals surface area contributed by atoms with E-state index in [1.165, 1.54) is 67.4 Å². The Balaban J connectivity index is 0.000000181.